The van der Waals surface area contributed by atoms with Gasteiger partial charge in [0.15, 0.2) is 0 Å². The lowest BCUT2D eigenvalue weighted by atomic mass is 9.92. The molecular formula is C38H64N2O5. The van der Waals surface area contributed by atoms with Crippen LogP contribution in [0.4, 0.5) is 0 Å². The number of nitrogens with two attached hydrogens (primary N) is 2. The predicted octanol–water partition coefficient (Wildman–Crippen LogP) is 6.50. The molecule has 2 aromatic carbocycles. The van der Waals surface area contributed by atoms with Gasteiger partial charge in [0.25, 0.3) is 0 Å². The molecule has 1 atom stereocenters. The van der Waals surface area contributed by atoms with E-state index in [2.05, 4.69) is 50.2 Å². The van der Waals surface area contributed by atoms with E-state index in [0.717, 1.165) is 24.8 Å². The molecule has 0 radical (unpaired) electrons. The number of aliphatic hydroxyl groups excluding tert-OH is 3. The van der Waals surface area contributed by atoms with Crippen molar-refractivity contribution in [2.75, 3.05) is 19.8 Å². The molecule has 0 bridgehead atoms. The van der Waals surface area contributed by atoms with Crippen LogP contribution in [-0.2, 0) is 30.5 Å². The van der Waals surface area contributed by atoms with Crippen LogP contribution >= 0.6 is 0 Å². The topological polar surface area (TPSA) is 150 Å². The van der Waals surface area contributed by atoms with E-state index in [-0.39, 0.29) is 19.6 Å². The lowest BCUT2D eigenvalue weighted by Gasteiger charge is -2.24. The zero-order valence-corrected chi connectivity index (χ0v) is 28.3. The summed E-state index contributed by atoms with van der Waals surface area (Å²) >= 11 is 0. The molecule has 0 aliphatic heterocycles. The van der Waals surface area contributed by atoms with Gasteiger partial charge >= 0.3 is 5.97 Å². The second-order valence-electron chi connectivity index (χ2n) is 13.0. The maximum Gasteiger partial charge on any atom is 0.326 e. The number of unbranched alkanes of at least 4 members (excludes halogenated alkanes) is 10. The second kappa shape index (κ2) is 24.0. The third-order valence-corrected chi connectivity index (χ3v) is 8.79. The minimum atomic E-state index is -1.54. The molecule has 0 saturated heterocycles. The maximum atomic E-state index is 11.1. The number of aliphatic hydroxyl groups is 3. The highest BCUT2D eigenvalue weighted by Gasteiger charge is 2.32. The predicted molar refractivity (Wildman–Crippen MR) is 186 cm³/mol. The number of rotatable bonds is 24. The average molecular weight is 629 g/mol. The molecule has 0 fully saturated rings. The first-order chi connectivity index (χ1) is 21.6. The van der Waals surface area contributed by atoms with E-state index in [4.69, 9.17) is 21.7 Å². The summed E-state index contributed by atoms with van der Waals surface area (Å²) in [5.41, 5.74) is 14.1. The molecule has 7 heteroatoms. The van der Waals surface area contributed by atoms with Crippen LogP contribution in [0.15, 0.2) is 48.5 Å². The second-order valence-corrected chi connectivity index (χ2v) is 13.0. The summed E-state index contributed by atoms with van der Waals surface area (Å²) in [6, 6.07) is 17.0. The number of hydrogen-bond donors (Lipinski definition) is 6. The Morgan fingerprint density at radius 3 is 1.20 bits per heavy atom. The Hall–Kier alpha value is -2.29. The molecule has 0 aliphatic carbocycles. The fourth-order valence-electron chi connectivity index (χ4n) is 5.19. The number of carboxylic acids is 1. The van der Waals surface area contributed by atoms with Crippen LogP contribution in [0.5, 0.6) is 0 Å². The van der Waals surface area contributed by atoms with Crippen molar-refractivity contribution in [3.63, 3.8) is 0 Å². The summed E-state index contributed by atoms with van der Waals surface area (Å²) in [6.45, 7) is 3.57. The third kappa shape index (κ3) is 17.8. The van der Waals surface area contributed by atoms with Gasteiger partial charge in [-0.2, -0.15) is 0 Å². The summed E-state index contributed by atoms with van der Waals surface area (Å²) in [7, 11) is 0. The summed E-state index contributed by atoms with van der Waals surface area (Å²) < 4.78 is 0. The number of carboxylic acid groups (broad SMARTS) is 1. The van der Waals surface area contributed by atoms with Crippen molar-refractivity contribution in [3.05, 3.63) is 70.8 Å². The summed E-state index contributed by atoms with van der Waals surface area (Å²) in [4.78, 5) is 11.1. The van der Waals surface area contributed by atoms with Crippen LogP contribution in [0, 0.1) is 0 Å². The highest BCUT2D eigenvalue weighted by Crippen LogP contribution is 2.17. The molecule has 2 rings (SSSR count). The van der Waals surface area contributed by atoms with E-state index in [1.807, 2.05) is 12.1 Å². The Morgan fingerprint density at radius 1 is 0.533 bits per heavy atom. The third-order valence-electron chi connectivity index (χ3n) is 8.79. The first kappa shape index (κ1) is 40.7. The minimum absolute atomic E-state index is 0.181. The molecule has 7 nitrogen and oxygen atoms in total. The molecule has 45 heavy (non-hydrogen) atoms. The first-order valence-corrected chi connectivity index (χ1v) is 17.4. The minimum Gasteiger partial charge on any atom is -0.480 e. The van der Waals surface area contributed by atoms with Crippen LogP contribution < -0.4 is 11.5 Å². The fourth-order valence-corrected chi connectivity index (χ4v) is 5.19. The molecule has 0 amide bonds. The van der Waals surface area contributed by atoms with Crippen molar-refractivity contribution in [1.29, 1.82) is 0 Å². The van der Waals surface area contributed by atoms with Gasteiger partial charge in [0.05, 0.1) is 25.4 Å². The zero-order chi connectivity index (χ0) is 33.4. The first-order valence-electron chi connectivity index (χ1n) is 17.4. The van der Waals surface area contributed by atoms with E-state index < -0.39 is 23.7 Å². The highest BCUT2D eigenvalue weighted by atomic mass is 16.4. The molecule has 0 heterocycles. The molecule has 2 aromatic rings. The van der Waals surface area contributed by atoms with Gasteiger partial charge < -0.3 is 31.9 Å². The van der Waals surface area contributed by atoms with Crippen LogP contribution in [0.2, 0.25) is 0 Å². The van der Waals surface area contributed by atoms with Crippen LogP contribution in [0.3, 0.4) is 0 Å². The van der Waals surface area contributed by atoms with E-state index >= 15 is 0 Å². The highest BCUT2D eigenvalue weighted by molar-refractivity contribution is 5.78. The smallest absolute Gasteiger partial charge is 0.326 e. The van der Waals surface area contributed by atoms with Gasteiger partial charge in [-0.15, -0.1) is 0 Å². The van der Waals surface area contributed by atoms with Gasteiger partial charge in [-0.3, -0.25) is 4.79 Å². The molecule has 0 aliphatic rings. The average Bonchev–Trinajstić information content (AvgIpc) is 3.07. The van der Waals surface area contributed by atoms with Gasteiger partial charge in [-0.05, 0) is 73.6 Å². The van der Waals surface area contributed by atoms with E-state index in [1.54, 1.807) is 0 Å². The monoisotopic (exact) mass is 628 g/mol. The number of aryl methyl sites for hydroxylation is 4. The Bertz CT molecular complexity index is 1010. The van der Waals surface area contributed by atoms with Crippen molar-refractivity contribution < 1.29 is 25.2 Å². The molecule has 0 spiro atoms. The number of aliphatic carboxylic acids is 1. The van der Waals surface area contributed by atoms with E-state index in [0.29, 0.717) is 12.8 Å². The summed E-state index contributed by atoms with van der Waals surface area (Å²) in [6.07, 6.45) is 20.2. The molecule has 256 valence electrons. The van der Waals surface area contributed by atoms with E-state index in [1.165, 1.54) is 93.7 Å². The van der Waals surface area contributed by atoms with Crippen LogP contribution in [0.25, 0.3) is 0 Å². The maximum absolute atomic E-state index is 11.1. The number of benzene rings is 2. The molecule has 0 saturated carbocycles. The van der Waals surface area contributed by atoms with E-state index in [9.17, 15) is 15.0 Å². The normalized spacial score (nSPS) is 12.8. The molecule has 0 aromatic heterocycles. The SMILES string of the molecule is CCCCCCCCc1ccc(CCC(N)(CO)C(=O)O)cc1.CCCCCCCCc1ccc(CCC(N)(CO)CO)cc1. The number of hydrogen-bond acceptors (Lipinski definition) is 6. The Kier molecular flexibility index (Phi) is 21.7. The standard InChI is InChI=1S/C19H31NO3.C19H33NO2/c1-2-3-4-5-6-7-8-16-9-11-17(12-10-16)13-14-19(20,15-21)18(22)23;1-2-3-4-5-6-7-8-17-9-11-18(12-10-17)13-14-19(20,15-21)16-22/h9-12,21H,2-8,13-15,20H2,1H3,(H,22,23);9-12,21-22H,2-8,13-16,20H2,1H3. The van der Waals surface area contributed by atoms with Crippen molar-refractivity contribution in [2.24, 2.45) is 11.5 Å². The fraction of sp³-hybridized carbons (Fsp3) is 0.658. The van der Waals surface area contributed by atoms with Gasteiger partial charge in [0.2, 0.25) is 0 Å². The van der Waals surface area contributed by atoms with Crippen molar-refractivity contribution >= 4 is 5.97 Å². The Morgan fingerprint density at radius 2 is 0.867 bits per heavy atom. The largest absolute Gasteiger partial charge is 0.480 e. The summed E-state index contributed by atoms with van der Waals surface area (Å²) in [5.74, 6) is -1.15. The Labute approximate surface area is 273 Å². The van der Waals surface area contributed by atoms with Gasteiger partial charge in [0.1, 0.15) is 5.54 Å². The summed E-state index contributed by atoms with van der Waals surface area (Å²) in [5, 5.41) is 36.6. The van der Waals surface area contributed by atoms with Gasteiger partial charge in [-0.25, -0.2) is 0 Å². The zero-order valence-electron chi connectivity index (χ0n) is 28.3. The van der Waals surface area contributed by atoms with Gasteiger partial charge in [-0.1, -0.05) is 127 Å². The Balaban J connectivity index is 0.000000450. The quantitative estimate of drug-likeness (QED) is 0.0727. The molecule has 8 N–H and O–H groups in total. The lowest BCUT2D eigenvalue weighted by molar-refractivity contribution is -0.145. The number of carbonyl (C=O) groups is 1. The molecule has 1 unspecified atom stereocenters. The van der Waals surface area contributed by atoms with Crippen molar-refractivity contribution in [1.82, 2.24) is 0 Å². The molecular weight excluding hydrogens is 564 g/mol. The van der Waals surface area contributed by atoms with Crippen molar-refractivity contribution in [2.45, 2.75) is 141 Å². The van der Waals surface area contributed by atoms with Gasteiger partial charge in [0, 0.05) is 0 Å². The van der Waals surface area contributed by atoms with Crippen molar-refractivity contribution in [3.8, 4) is 0 Å². The lowest BCUT2D eigenvalue weighted by Crippen LogP contribution is -2.51. The van der Waals surface area contributed by atoms with Crippen LogP contribution in [-0.4, -0.2) is 57.3 Å². The van der Waals surface area contributed by atoms with Crippen LogP contribution in [0.1, 0.15) is 126 Å².